The van der Waals surface area contributed by atoms with Gasteiger partial charge in [-0.05, 0) is 19.1 Å². The Morgan fingerprint density at radius 3 is 2.48 bits per heavy atom. The second-order valence-electron chi connectivity index (χ2n) is 6.18. The van der Waals surface area contributed by atoms with Gasteiger partial charge in [0.2, 0.25) is 0 Å². The molecule has 0 aliphatic heterocycles. The molecule has 1 aromatic heterocycles. The molecule has 0 aliphatic carbocycles. The number of benzene rings is 2. The van der Waals surface area contributed by atoms with Gasteiger partial charge in [0.1, 0.15) is 6.54 Å². The van der Waals surface area contributed by atoms with Crippen molar-refractivity contribution in [1.82, 2.24) is 4.57 Å². The molecule has 0 N–H and O–H groups in total. The van der Waals surface area contributed by atoms with E-state index in [4.69, 9.17) is 18.9 Å². The molecule has 31 heavy (non-hydrogen) atoms. The lowest BCUT2D eigenvalue weighted by atomic mass is 10.3. The zero-order chi connectivity index (χ0) is 22.4. The van der Waals surface area contributed by atoms with Crippen molar-refractivity contribution in [1.29, 1.82) is 0 Å². The highest BCUT2D eigenvalue weighted by atomic mass is 32.1. The molecule has 2 aromatic carbocycles. The quantitative estimate of drug-likeness (QED) is 0.493. The van der Waals surface area contributed by atoms with Crippen LogP contribution in [0.15, 0.2) is 41.4 Å². The number of methoxy groups -OCH3 is 2. The number of aromatic nitrogens is 1. The SMILES string of the molecule is CCOC(=O)Cn1c(=NC(=O)COc2ccccc2F)sc2cc(OC)c(OC)cc21. The molecule has 0 fully saturated rings. The van der Waals surface area contributed by atoms with Crippen LogP contribution in [0.2, 0.25) is 0 Å². The molecule has 0 aliphatic rings. The minimum Gasteiger partial charge on any atom is -0.493 e. The van der Waals surface area contributed by atoms with E-state index in [1.54, 1.807) is 29.7 Å². The standard InChI is InChI=1S/C21H21FN2O6S/c1-4-29-20(26)11-24-14-9-16(27-2)17(28-3)10-18(14)31-21(24)23-19(25)12-30-15-8-6-5-7-13(15)22/h5-10H,4,11-12H2,1-3H3. The molecule has 10 heteroatoms. The summed E-state index contributed by atoms with van der Waals surface area (Å²) in [6.07, 6.45) is 0. The van der Waals surface area contributed by atoms with Crippen LogP contribution >= 0.6 is 11.3 Å². The topological polar surface area (TPSA) is 88.4 Å². The van der Waals surface area contributed by atoms with E-state index in [1.165, 1.54) is 43.8 Å². The Bertz CT molecular complexity index is 1170. The average Bonchev–Trinajstić information content (AvgIpc) is 3.07. The van der Waals surface area contributed by atoms with E-state index in [2.05, 4.69) is 4.99 Å². The molecule has 0 saturated heterocycles. The summed E-state index contributed by atoms with van der Waals surface area (Å²) in [7, 11) is 3.01. The summed E-state index contributed by atoms with van der Waals surface area (Å²) in [5.74, 6) is -0.767. The molecule has 1 heterocycles. The van der Waals surface area contributed by atoms with E-state index < -0.39 is 24.3 Å². The first-order chi connectivity index (χ1) is 15.0. The molecule has 3 rings (SSSR count). The second kappa shape index (κ2) is 10.1. The van der Waals surface area contributed by atoms with Crippen molar-refractivity contribution in [2.45, 2.75) is 13.5 Å². The number of rotatable bonds is 8. The Morgan fingerprint density at radius 1 is 1.10 bits per heavy atom. The number of halogens is 1. The monoisotopic (exact) mass is 448 g/mol. The fourth-order valence-corrected chi connectivity index (χ4v) is 3.87. The molecular formula is C21H21FN2O6S. The van der Waals surface area contributed by atoms with E-state index in [-0.39, 0.29) is 23.7 Å². The van der Waals surface area contributed by atoms with Crippen molar-refractivity contribution in [3.8, 4) is 17.2 Å². The number of thiazole rings is 1. The number of ether oxygens (including phenoxy) is 4. The van der Waals surface area contributed by atoms with Crippen LogP contribution in [0.5, 0.6) is 17.2 Å². The number of hydrogen-bond donors (Lipinski definition) is 0. The molecule has 0 unspecified atom stereocenters. The van der Waals surface area contributed by atoms with Crippen molar-refractivity contribution in [2.24, 2.45) is 4.99 Å². The zero-order valence-corrected chi connectivity index (χ0v) is 18.0. The van der Waals surface area contributed by atoms with Gasteiger partial charge < -0.3 is 23.5 Å². The smallest absolute Gasteiger partial charge is 0.326 e. The Hall–Kier alpha value is -3.40. The predicted octanol–water partition coefficient (Wildman–Crippen LogP) is 2.93. The van der Waals surface area contributed by atoms with Gasteiger partial charge in [-0.2, -0.15) is 4.99 Å². The van der Waals surface area contributed by atoms with Crippen molar-refractivity contribution < 1.29 is 32.9 Å². The minimum atomic E-state index is -0.633. The average molecular weight is 448 g/mol. The third-order valence-electron chi connectivity index (χ3n) is 4.19. The van der Waals surface area contributed by atoms with E-state index in [0.717, 1.165) is 4.70 Å². The summed E-state index contributed by atoms with van der Waals surface area (Å²) in [5, 5.41) is 0. The van der Waals surface area contributed by atoms with Crippen LogP contribution in [0.4, 0.5) is 4.39 Å². The Morgan fingerprint density at radius 2 is 1.81 bits per heavy atom. The van der Waals surface area contributed by atoms with Crippen molar-refractivity contribution in [2.75, 3.05) is 27.4 Å². The Kier molecular flexibility index (Phi) is 7.24. The van der Waals surface area contributed by atoms with E-state index in [9.17, 15) is 14.0 Å². The van der Waals surface area contributed by atoms with E-state index >= 15 is 0 Å². The zero-order valence-electron chi connectivity index (χ0n) is 17.2. The van der Waals surface area contributed by atoms with Crippen LogP contribution < -0.4 is 19.0 Å². The molecule has 0 saturated carbocycles. The van der Waals surface area contributed by atoms with Crippen LogP contribution in [0, 0.1) is 5.82 Å². The van der Waals surface area contributed by atoms with Crippen LogP contribution in [-0.4, -0.2) is 43.9 Å². The summed E-state index contributed by atoms with van der Waals surface area (Å²) in [6.45, 7) is 1.32. The molecule has 1 amide bonds. The van der Waals surface area contributed by atoms with E-state index in [0.29, 0.717) is 17.0 Å². The summed E-state index contributed by atoms with van der Waals surface area (Å²) in [5.41, 5.74) is 0.622. The van der Waals surface area contributed by atoms with Gasteiger partial charge in [-0.3, -0.25) is 9.59 Å². The summed E-state index contributed by atoms with van der Waals surface area (Å²) in [6, 6.07) is 9.20. The lowest BCUT2D eigenvalue weighted by Gasteiger charge is -2.09. The number of hydrogen-bond acceptors (Lipinski definition) is 7. The first kappa shape index (κ1) is 22.3. The van der Waals surface area contributed by atoms with Crippen LogP contribution in [-0.2, 0) is 20.9 Å². The summed E-state index contributed by atoms with van der Waals surface area (Å²) in [4.78, 5) is 28.9. The molecule has 164 valence electrons. The fraction of sp³-hybridized carbons (Fsp3) is 0.286. The van der Waals surface area contributed by atoms with E-state index in [1.807, 2.05) is 0 Å². The molecular weight excluding hydrogens is 427 g/mol. The van der Waals surface area contributed by atoms with Crippen molar-refractivity contribution in [3.63, 3.8) is 0 Å². The lowest BCUT2D eigenvalue weighted by Crippen LogP contribution is -2.24. The lowest BCUT2D eigenvalue weighted by molar-refractivity contribution is -0.143. The number of amides is 1. The second-order valence-corrected chi connectivity index (χ2v) is 7.18. The van der Waals surface area contributed by atoms with Crippen molar-refractivity contribution in [3.05, 3.63) is 47.0 Å². The van der Waals surface area contributed by atoms with Gasteiger partial charge >= 0.3 is 5.97 Å². The highest BCUT2D eigenvalue weighted by Crippen LogP contribution is 2.33. The molecule has 0 atom stereocenters. The number of para-hydroxylation sites is 1. The van der Waals surface area contributed by atoms with Crippen LogP contribution in [0.1, 0.15) is 6.92 Å². The summed E-state index contributed by atoms with van der Waals surface area (Å²) < 4.78 is 36.9. The first-order valence-electron chi connectivity index (χ1n) is 9.32. The maximum absolute atomic E-state index is 13.7. The number of carbonyl (C=O) groups excluding carboxylic acids is 2. The van der Waals surface area contributed by atoms with Gasteiger partial charge in [0.05, 0.1) is 31.0 Å². The molecule has 8 nitrogen and oxygen atoms in total. The van der Waals surface area contributed by atoms with Crippen molar-refractivity contribution >= 4 is 33.4 Å². The molecule has 0 spiro atoms. The first-order valence-corrected chi connectivity index (χ1v) is 10.1. The van der Waals surface area contributed by atoms with Gasteiger partial charge in [-0.1, -0.05) is 23.5 Å². The number of fused-ring (bicyclic) bond motifs is 1. The predicted molar refractivity (Wildman–Crippen MR) is 112 cm³/mol. The fourth-order valence-electron chi connectivity index (χ4n) is 2.81. The summed E-state index contributed by atoms with van der Waals surface area (Å²) >= 11 is 1.19. The Balaban J connectivity index is 1.99. The van der Waals surface area contributed by atoms with Gasteiger partial charge in [-0.25, -0.2) is 4.39 Å². The van der Waals surface area contributed by atoms with Gasteiger partial charge in [0, 0.05) is 12.1 Å². The highest BCUT2D eigenvalue weighted by Gasteiger charge is 2.16. The van der Waals surface area contributed by atoms with Crippen LogP contribution in [0.3, 0.4) is 0 Å². The van der Waals surface area contributed by atoms with Gasteiger partial charge in [-0.15, -0.1) is 0 Å². The molecule has 0 radical (unpaired) electrons. The van der Waals surface area contributed by atoms with Gasteiger partial charge in [0.15, 0.2) is 34.5 Å². The maximum Gasteiger partial charge on any atom is 0.326 e. The maximum atomic E-state index is 13.7. The van der Waals surface area contributed by atoms with Gasteiger partial charge in [0.25, 0.3) is 5.91 Å². The number of carbonyl (C=O) groups is 2. The highest BCUT2D eigenvalue weighted by molar-refractivity contribution is 7.16. The third-order valence-corrected chi connectivity index (χ3v) is 5.23. The number of esters is 1. The third kappa shape index (κ3) is 5.21. The minimum absolute atomic E-state index is 0.0451. The molecule has 0 bridgehead atoms. The van der Waals surface area contributed by atoms with Crippen LogP contribution in [0.25, 0.3) is 10.2 Å². The number of nitrogens with zero attached hydrogens (tertiary/aromatic N) is 2. The largest absolute Gasteiger partial charge is 0.493 e. The Labute approximate surface area is 181 Å². The molecule has 3 aromatic rings. The normalized spacial score (nSPS) is 11.4.